The number of likely N-dealkylation sites (tertiary alicyclic amines) is 1. The van der Waals surface area contributed by atoms with Gasteiger partial charge in [0, 0.05) is 45.1 Å². The lowest BCUT2D eigenvalue weighted by Crippen LogP contribution is -2.49. The van der Waals surface area contributed by atoms with Gasteiger partial charge in [0.25, 0.3) is 0 Å². The monoisotopic (exact) mass is 534 g/mol. The maximum absolute atomic E-state index is 12.3. The predicted octanol–water partition coefficient (Wildman–Crippen LogP) is 3.61. The van der Waals surface area contributed by atoms with Crippen LogP contribution >= 0.6 is 24.0 Å². The van der Waals surface area contributed by atoms with Gasteiger partial charge in [0.1, 0.15) is 5.60 Å². The lowest BCUT2D eigenvalue weighted by molar-refractivity contribution is 0.0266. The third-order valence-electron chi connectivity index (χ3n) is 5.13. The summed E-state index contributed by atoms with van der Waals surface area (Å²) in [4.78, 5) is 25.3. The molecular formula is C21H39IN6O2. The summed E-state index contributed by atoms with van der Waals surface area (Å²) < 4.78 is 7.68. The molecule has 9 heteroatoms. The first-order valence-corrected chi connectivity index (χ1v) is 10.7. The molecule has 0 aromatic carbocycles. The van der Waals surface area contributed by atoms with Crippen molar-refractivity contribution in [2.75, 3.05) is 39.3 Å². The summed E-state index contributed by atoms with van der Waals surface area (Å²) in [6.45, 7) is 16.3. The highest BCUT2D eigenvalue weighted by molar-refractivity contribution is 14.0. The first-order valence-electron chi connectivity index (χ1n) is 10.7. The number of rotatable bonds is 6. The molecule has 1 aliphatic rings. The van der Waals surface area contributed by atoms with Crippen LogP contribution in [0.2, 0.25) is 0 Å². The molecule has 0 aliphatic carbocycles. The number of guanidine groups is 1. The standard InChI is InChI=1S/C21H38N6O2.HI/c1-7-23-19(24-11-14-25(8-2)20(28)29-21(4,5)6)26-12-9-17(3)18(15-26)27-13-10-22-16-27;/h10,13,16-18H,7-9,11-12,14-15H2,1-6H3,(H,23,24);1H. The van der Waals surface area contributed by atoms with Crippen LogP contribution in [0.3, 0.4) is 0 Å². The maximum Gasteiger partial charge on any atom is 0.410 e. The van der Waals surface area contributed by atoms with E-state index in [1.54, 1.807) is 4.90 Å². The van der Waals surface area contributed by atoms with Gasteiger partial charge < -0.3 is 24.4 Å². The summed E-state index contributed by atoms with van der Waals surface area (Å²) in [5.74, 6) is 1.50. The van der Waals surface area contributed by atoms with Crippen LogP contribution in [-0.4, -0.2) is 76.3 Å². The van der Waals surface area contributed by atoms with Crippen LogP contribution in [0.1, 0.15) is 54.0 Å². The van der Waals surface area contributed by atoms with E-state index in [0.717, 1.165) is 32.0 Å². The third kappa shape index (κ3) is 7.96. The molecule has 8 nitrogen and oxygen atoms in total. The fourth-order valence-electron chi connectivity index (χ4n) is 3.50. The van der Waals surface area contributed by atoms with Crippen molar-refractivity contribution < 1.29 is 9.53 Å². The smallest absolute Gasteiger partial charge is 0.410 e. The van der Waals surface area contributed by atoms with Crippen LogP contribution < -0.4 is 5.32 Å². The number of likely N-dealkylation sites (N-methyl/N-ethyl adjacent to an activating group) is 1. The quantitative estimate of drug-likeness (QED) is 0.343. The van der Waals surface area contributed by atoms with E-state index in [2.05, 4.69) is 33.6 Å². The van der Waals surface area contributed by atoms with Gasteiger partial charge in [0.2, 0.25) is 0 Å². The van der Waals surface area contributed by atoms with E-state index in [1.165, 1.54) is 0 Å². The van der Waals surface area contributed by atoms with Crippen molar-refractivity contribution in [3.63, 3.8) is 0 Å². The summed E-state index contributed by atoms with van der Waals surface area (Å²) >= 11 is 0. The van der Waals surface area contributed by atoms with Gasteiger partial charge in [-0.25, -0.2) is 9.78 Å². The van der Waals surface area contributed by atoms with Crippen molar-refractivity contribution in [2.45, 2.75) is 59.6 Å². The molecule has 0 radical (unpaired) electrons. The summed E-state index contributed by atoms with van der Waals surface area (Å²) in [5.41, 5.74) is -0.491. The number of halogens is 1. The number of hydrogen-bond acceptors (Lipinski definition) is 4. The number of aromatic nitrogens is 2. The molecule has 30 heavy (non-hydrogen) atoms. The van der Waals surface area contributed by atoms with Gasteiger partial charge in [-0.3, -0.25) is 4.99 Å². The molecule has 172 valence electrons. The largest absolute Gasteiger partial charge is 0.444 e. The average Bonchev–Trinajstić information content (AvgIpc) is 3.18. The van der Waals surface area contributed by atoms with Crippen molar-refractivity contribution in [3.8, 4) is 0 Å². The second kappa shape index (κ2) is 12.4. The molecule has 0 spiro atoms. The normalized spacial score (nSPS) is 19.8. The number of imidazole rings is 1. The van der Waals surface area contributed by atoms with Gasteiger partial charge in [-0.1, -0.05) is 6.92 Å². The molecule has 1 N–H and O–H groups in total. The summed E-state index contributed by atoms with van der Waals surface area (Å²) in [6, 6.07) is 0.379. The average molecular weight is 534 g/mol. The van der Waals surface area contributed by atoms with E-state index in [0.29, 0.717) is 31.6 Å². The van der Waals surface area contributed by atoms with Gasteiger partial charge in [-0.2, -0.15) is 0 Å². The molecule has 2 unspecified atom stereocenters. The zero-order chi connectivity index (χ0) is 21.4. The van der Waals surface area contributed by atoms with Crippen molar-refractivity contribution in [1.82, 2.24) is 24.7 Å². The van der Waals surface area contributed by atoms with Crippen molar-refractivity contribution in [3.05, 3.63) is 18.7 Å². The lowest BCUT2D eigenvalue weighted by atomic mass is 9.93. The highest BCUT2D eigenvalue weighted by Crippen LogP contribution is 2.27. The molecular weight excluding hydrogens is 495 g/mol. The first-order chi connectivity index (χ1) is 13.7. The third-order valence-corrected chi connectivity index (χ3v) is 5.13. The Morgan fingerprint density at radius 1 is 1.37 bits per heavy atom. The lowest BCUT2D eigenvalue weighted by Gasteiger charge is -2.39. The van der Waals surface area contributed by atoms with Gasteiger partial charge in [-0.15, -0.1) is 24.0 Å². The van der Waals surface area contributed by atoms with Crippen LogP contribution in [0.15, 0.2) is 23.7 Å². The van der Waals surface area contributed by atoms with Crippen LogP contribution in [-0.2, 0) is 4.74 Å². The molecule has 0 bridgehead atoms. The molecule has 2 atom stereocenters. The maximum atomic E-state index is 12.3. The zero-order valence-corrected chi connectivity index (χ0v) is 21.6. The van der Waals surface area contributed by atoms with E-state index >= 15 is 0 Å². The topological polar surface area (TPSA) is 75.0 Å². The number of aliphatic imine (C=N–C) groups is 1. The van der Waals surface area contributed by atoms with E-state index in [9.17, 15) is 4.79 Å². The van der Waals surface area contributed by atoms with Crippen LogP contribution in [0, 0.1) is 5.92 Å². The minimum atomic E-state index is -0.491. The fourth-order valence-corrected chi connectivity index (χ4v) is 3.50. The SMILES string of the molecule is CCNC(=NCCN(CC)C(=O)OC(C)(C)C)N1CCC(C)C(n2ccnc2)C1.I. The molecule has 1 amide bonds. The number of nitrogens with one attached hydrogen (secondary N) is 1. The molecule has 1 saturated heterocycles. The Labute approximate surface area is 198 Å². The molecule has 2 heterocycles. The van der Waals surface area contributed by atoms with Crippen LogP contribution in [0.25, 0.3) is 0 Å². The number of piperidine rings is 1. The Balaban J connectivity index is 0.00000450. The van der Waals surface area contributed by atoms with Gasteiger partial charge in [-0.05, 0) is 47.0 Å². The van der Waals surface area contributed by atoms with E-state index in [1.807, 2.05) is 46.4 Å². The summed E-state index contributed by atoms with van der Waals surface area (Å²) in [6.07, 6.45) is 6.59. The Morgan fingerprint density at radius 2 is 2.10 bits per heavy atom. The fraction of sp³-hybridized carbons (Fsp3) is 0.762. The number of nitrogens with zero attached hydrogens (tertiary/aromatic N) is 5. The van der Waals surface area contributed by atoms with E-state index in [-0.39, 0.29) is 30.1 Å². The Morgan fingerprint density at radius 3 is 2.67 bits per heavy atom. The summed E-state index contributed by atoms with van der Waals surface area (Å²) in [7, 11) is 0. The minimum Gasteiger partial charge on any atom is -0.444 e. The predicted molar refractivity (Wildman–Crippen MR) is 131 cm³/mol. The molecule has 1 fully saturated rings. The van der Waals surface area contributed by atoms with Gasteiger partial charge in [0.15, 0.2) is 5.96 Å². The molecule has 2 rings (SSSR count). The molecule has 1 aromatic heterocycles. The summed E-state index contributed by atoms with van der Waals surface area (Å²) in [5, 5.41) is 3.41. The van der Waals surface area contributed by atoms with Crippen LogP contribution in [0.4, 0.5) is 4.79 Å². The highest BCUT2D eigenvalue weighted by atomic mass is 127. The van der Waals surface area contributed by atoms with Crippen molar-refractivity contribution in [1.29, 1.82) is 0 Å². The minimum absolute atomic E-state index is 0. The second-order valence-corrected chi connectivity index (χ2v) is 8.58. The number of carbonyl (C=O) groups is 1. The molecule has 1 aliphatic heterocycles. The van der Waals surface area contributed by atoms with Crippen molar-refractivity contribution in [2.24, 2.45) is 10.9 Å². The molecule has 1 aromatic rings. The van der Waals surface area contributed by atoms with Gasteiger partial charge >= 0.3 is 6.09 Å². The van der Waals surface area contributed by atoms with Crippen LogP contribution in [0.5, 0.6) is 0 Å². The number of hydrogen-bond donors (Lipinski definition) is 1. The second-order valence-electron chi connectivity index (χ2n) is 8.58. The number of carbonyl (C=O) groups excluding carboxylic acids is 1. The Hall–Kier alpha value is -1.52. The Kier molecular flexibility index (Phi) is 10.9. The zero-order valence-electron chi connectivity index (χ0n) is 19.3. The van der Waals surface area contributed by atoms with E-state index < -0.39 is 5.60 Å². The molecule has 0 saturated carbocycles. The highest BCUT2D eigenvalue weighted by Gasteiger charge is 2.29. The van der Waals surface area contributed by atoms with E-state index in [4.69, 9.17) is 9.73 Å². The van der Waals surface area contributed by atoms with Gasteiger partial charge in [0.05, 0.1) is 18.9 Å². The van der Waals surface area contributed by atoms with Crippen molar-refractivity contribution >= 4 is 36.0 Å². The number of ether oxygens (including phenoxy) is 1. The Bertz CT molecular complexity index is 659. The first kappa shape index (κ1) is 26.5. The number of amides is 1.